The smallest absolute Gasteiger partial charge is 0.321 e. The van der Waals surface area contributed by atoms with E-state index in [1.807, 2.05) is 11.8 Å². The Hall–Kier alpha value is -1.63. The van der Waals surface area contributed by atoms with Crippen LogP contribution in [0.2, 0.25) is 0 Å². The average Bonchev–Trinajstić information content (AvgIpc) is 2.25. The summed E-state index contributed by atoms with van der Waals surface area (Å²) in [6, 6.07) is -0.471. The molecule has 0 unspecified atom stereocenters. The van der Waals surface area contributed by atoms with Crippen LogP contribution in [-0.2, 0) is 9.59 Å². The van der Waals surface area contributed by atoms with Crippen molar-refractivity contribution in [2.24, 2.45) is 5.92 Å². The van der Waals surface area contributed by atoms with Gasteiger partial charge < -0.3 is 10.4 Å². The van der Waals surface area contributed by atoms with E-state index in [-0.39, 0.29) is 24.8 Å². The van der Waals surface area contributed by atoms with E-state index < -0.39 is 12.0 Å². The first-order valence-corrected chi connectivity index (χ1v) is 6.53. The van der Waals surface area contributed by atoms with Crippen LogP contribution in [0.4, 0.5) is 4.79 Å². The molecule has 108 valence electrons. The fourth-order valence-corrected chi connectivity index (χ4v) is 1.97. The molecule has 0 aliphatic carbocycles. The molecule has 3 amide bonds. The van der Waals surface area contributed by atoms with Crippen molar-refractivity contribution in [1.29, 1.82) is 0 Å². The SMILES string of the molecule is CCCCNC(=O)NC(=O)CN1CC(CC(=O)O)C1. The third kappa shape index (κ3) is 6.19. The number of nitrogens with zero attached hydrogens (tertiary/aromatic N) is 1. The Morgan fingerprint density at radius 2 is 2.00 bits per heavy atom. The van der Waals surface area contributed by atoms with E-state index in [2.05, 4.69) is 10.6 Å². The maximum atomic E-state index is 11.5. The molecule has 19 heavy (non-hydrogen) atoms. The molecule has 0 aromatic heterocycles. The Morgan fingerprint density at radius 3 is 2.58 bits per heavy atom. The lowest BCUT2D eigenvalue weighted by molar-refractivity contribution is -0.139. The molecule has 1 aliphatic heterocycles. The lowest BCUT2D eigenvalue weighted by Gasteiger charge is -2.37. The number of hydrogen-bond donors (Lipinski definition) is 3. The minimum absolute atomic E-state index is 0.115. The summed E-state index contributed by atoms with van der Waals surface area (Å²) in [6.07, 6.45) is 1.99. The van der Waals surface area contributed by atoms with E-state index in [0.717, 1.165) is 12.8 Å². The van der Waals surface area contributed by atoms with Crippen LogP contribution in [0.25, 0.3) is 0 Å². The van der Waals surface area contributed by atoms with Gasteiger partial charge in [0.1, 0.15) is 0 Å². The molecule has 1 rings (SSSR count). The first-order chi connectivity index (χ1) is 9.01. The minimum atomic E-state index is -0.815. The van der Waals surface area contributed by atoms with Crippen molar-refractivity contribution >= 4 is 17.9 Å². The second-order valence-corrected chi connectivity index (χ2v) is 4.82. The van der Waals surface area contributed by atoms with Crippen molar-refractivity contribution in [2.45, 2.75) is 26.2 Å². The number of carboxylic acid groups (broad SMARTS) is 1. The first-order valence-electron chi connectivity index (χ1n) is 6.53. The van der Waals surface area contributed by atoms with Gasteiger partial charge in [-0.15, -0.1) is 0 Å². The van der Waals surface area contributed by atoms with Crippen LogP contribution in [0.1, 0.15) is 26.2 Å². The maximum absolute atomic E-state index is 11.5. The molecule has 0 saturated carbocycles. The number of rotatable bonds is 7. The van der Waals surface area contributed by atoms with Crippen LogP contribution in [0, 0.1) is 5.92 Å². The summed E-state index contributed by atoms with van der Waals surface area (Å²) in [7, 11) is 0. The van der Waals surface area contributed by atoms with Gasteiger partial charge in [-0.25, -0.2) is 4.79 Å². The van der Waals surface area contributed by atoms with Crippen molar-refractivity contribution in [3.8, 4) is 0 Å². The molecule has 3 N–H and O–H groups in total. The zero-order valence-electron chi connectivity index (χ0n) is 11.1. The quantitative estimate of drug-likeness (QED) is 0.567. The van der Waals surface area contributed by atoms with Gasteiger partial charge in [0.15, 0.2) is 0 Å². The molecular weight excluding hydrogens is 250 g/mol. The highest BCUT2D eigenvalue weighted by Crippen LogP contribution is 2.17. The van der Waals surface area contributed by atoms with Gasteiger partial charge in [-0.3, -0.25) is 19.8 Å². The molecule has 7 nitrogen and oxygen atoms in total. The van der Waals surface area contributed by atoms with Crippen LogP contribution < -0.4 is 10.6 Å². The number of urea groups is 1. The second-order valence-electron chi connectivity index (χ2n) is 4.82. The summed E-state index contributed by atoms with van der Waals surface area (Å²) in [5, 5.41) is 13.4. The summed E-state index contributed by atoms with van der Waals surface area (Å²) in [4.78, 5) is 35.0. The molecule has 1 heterocycles. The Morgan fingerprint density at radius 1 is 1.32 bits per heavy atom. The molecule has 0 radical (unpaired) electrons. The summed E-state index contributed by atoms with van der Waals surface area (Å²) in [5.74, 6) is -1.06. The normalized spacial score (nSPS) is 15.6. The van der Waals surface area contributed by atoms with Gasteiger partial charge in [-0.05, 0) is 12.3 Å². The summed E-state index contributed by atoms with van der Waals surface area (Å²) in [6.45, 7) is 3.90. The van der Waals surface area contributed by atoms with Crippen LogP contribution in [-0.4, -0.2) is 54.1 Å². The standard InChI is InChI=1S/C12H21N3O4/c1-2-3-4-13-12(19)14-10(16)8-15-6-9(7-15)5-11(17)18/h9H,2-8H2,1H3,(H,17,18)(H2,13,14,16,19). The third-order valence-corrected chi connectivity index (χ3v) is 2.93. The molecule has 0 aromatic carbocycles. The van der Waals surface area contributed by atoms with Gasteiger partial charge in [0.25, 0.3) is 0 Å². The Bertz CT molecular complexity index is 340. The van der Waals surface area contributed by atoms with E-state index >= 15 is 0 Å². The van der Waals surface area contributed by atoms with E-state index in [0.29, 0.717) is 19.6 Å². The Kier molecular flexibility index (Phi) is 6.27. The van der Waals surface area contributed by atoms with Gasteiger partial charge in [0.2, 0.25) is 5.91 Å². The largest absolute Gasteiger partial charge is 0.481 e. The van der Waals surface area contributed by atoms with E-state index in [1.165, 1.54) is 0 Å². The third-order valence-electron chi connectivity index (χ3n) is 2.93. The Balaban J connectivity index is 2.09. The van der Waals surface area contributed by atoms with Crippen molar-refractivity contribution in [3.05, 3.63) is 0 Å². The van der Waals surface area contributed by atoms with Crippen molar-refractivity contribution in [2.75, 3.05) is 26.2 Å². The topological polar surface area (TPSA) is 98.7 Å². The monoisotopic (exact) mass is 271 g/mol. The fourth-order valence-electron chi connectivity index (χ4n) is 1.97. The lowest BCUT2D eigenvalue weighted by Crippen LogP contribution is -2.52. The highest BCUT2D eigenvalue weighted by Gasteiger charge is 2.29. The second kappa shape index (κ2) is 7.73. The zero-order valence-corrected chi connectivity index (χ0v) is 11.1. The fraction of sp³-hybridized carbons (Fsp3) is 0.750. The number of unbranched alkanes of at least 4 members (excludes halogenated alkanes) is 1. The number of amides is 3. The predicted octanol–water partition coefficient (Wildman–Crippen LogP) is 0.0188. The van der Waals surface area contributed by atoms with Crippen LogP contribution >= 0.6 is 0 Å². The molecular formula is C12H21N3O4. The van der Waals surface area contributed by atoms with Crippen molar-refractivity contribution in [3.63, 3.8) is 0 Å². The highest BCUT2D eigenvalue weighted by molar-refractivity contribution is 5.95. The van der Waals surface area contributed by atoms with Crippen molar-refractivity contribution in [1.82, 2.24) is 15.5 Å². The van der Waals surface area contributed by atoms with Crippen LogP contribution in [0.15, 0.2) is 0 Å². The van der Waals surface area contributed by atoms with E-state index in [1.54, 1.807) is 0 Å². The van der Waals surface area contributed by atoms with E-state index in [9.17, 15) is 14.4 Å². The minimum Gasteiger partial charge on any atom is -0.481 e. The maximum Gasteiger partial charge on any atom is 0.321 e. The lowest BCUT2D eigenvalue weighted by atomic mass is 9.96. The number of imide groups is 1. The number of carbonyl (C=O) groups is 3. The van der Waals surface area contributed by atoms with Gasteiger partial charge >= 0.3 is 12.0 Å². The average molecular weight is 271 g/mol. The molecule has 0 spiro atoms. The first kappa shape index (κ1) is 15.4. The van der Waals surface area contributed by atoms with Gasteiger partial charge in [0, 0.05) is 19.6 Å². The number of carboxylic acids is 1. The number of carbonyl (C=O) groups excluding carboxylic acids is 2. The van der Waals surface area contributed by atoms with E-state index in [4.69, 9.17) is 5.11 Å². The van der Waals surface area contributed by atoms with Crippen LogP contribution in [0.5, 0.6) is 0 Å². The summed E-state index contributed by atoms with van der Waals surface area (Å²) in [5.41, 5.74) is 0. The molecule has 0 bridgehead atoms. The number of nitrogens with one attached hydrogen (secondary N) is 2. The van der Waals surface area contributed by atoms with Gasteiger partial charge in [0.05, 0.1) is 13.0 Å². The molecule has 1 saturated heterocycles. The summed E-state index contributed by atoms with van der Waals surface area (Å²) >= 11 is 0. The molecule has 0 aromatic rings. The van der Waals surface area contributed by atoms with Gasteiger partial charge in [-0.2, -0.15) is 0 Å². The van der Waals surface area contributed by atoms with Crippen molar-refractivity contribution < 1.29 is 19.5 Å². The van der Waals surface area contributed by atoms with Gasteiger partial charge in [-0.1, -0.05) is 13.3 Å². The number of aliphatic carboxylic acids is 1. The zero-order chi connectivity index (χ0) is 14.3. The predicted molar refractivity (Wildman–Crippen MR) is 68.6 cm³/mol. The molecule has 7 heteroatoms. The number of hydrogen-bond acceptors (Lipinski definition) is 4. The highest BCUT2D eigenvalue weighted by atomic mass is 16.4. The molecule has 1 aliphatic rings. The molecule has 0 atom stereocenters. The molecule has 1 fully saturated rings. The Labute approximate surface area is 112 Å². The number of likely N-dealkylation sites (tertiary alicyclic amines) is 1. The van der Waals surface area contributed by atoms with Crippen LogP contribution in [0.3, 0.4) is 0 Å². The summed E-state index contributed by atoms with van der Waals surface area (Å²) < 4.78 is 0.